The third kappa shape index (κ3) is 4.92. The van der Waals surface area contributed by atoms with Crippen molar-refractivity contribution in [3.8, 4) is 0 Å². The highest BCUT2D eigenvalue weighted by atomic mass is 32.1. The first-order valence-electron chi connectivity index (χ1n) is 9.07. The van der Waals surface area contributed by atoms with E-state index in [0.29, 0.717) is 23.4 Å². The Morgan fingerprint density at radius 3 is 2.36 bits per heavy atom. The molecule has 0 fully saturated rings. The van der Waals surface area contributed by atoms with Crippen LogP contribution in [0.3, 0.4) is 0 Å². The largest absolute Gasteiger partial charge is 0.332 e. The molecule has 5 nitrogen and oxygen atoms in total. The van der Waals surface area contributed by atoms with Gasteiger partial charge in [0.05, 0.1) is 0 Å². The van der Waals surface area contributed by atoms with Gasteiger partial charge in [-0.15, -0.1) is 0 Å². The fourth-order valence-electron chi connectivity index (χ4n) is 2.88. The summed E-state index contributed by atoms with van der Waals surface area (Å²) in [5.41, 5.74) is 1.91. The smallest absolute Gasteiger partial charge is 0.258 e. The molecule has 3 N–H and O–H groups in total. The van der Waals surface area contributed by atoms with Crippen molar-refractivity contribution >= 4 is 51.3 Å². The molecule has 0 saturated carbocycles. The number of carbonyl (C=O) groups excluding carboxylic acids is 2. The fraction of sp³-hybridized carbons (Fsp3) is 0.136. The second-order valence-electron chi connectivity index (χ2n) is 6.31. The number of nitrogens with one attached hydrogen (secondary N) is 3. The molecule has 28 heavy (non-hydrogen) atoms. The molecule has 6 heteroatoms. The van der Waals surface area contributed by atoms with E-state index >= 15 is 0 Å². The number of amides is 2. The Balaban J connectivity index is 1.67. The average Bonchev–Trinajstić information content (AvgIpc) is 2.67. The van der Waals surface area contributed by atoms with Crippen LogP contribution >= 0.6 is 12.2 Å². The van der Waals surface area contributed by atoms with Crippen LogP contribution in [0.5, 0.6) is 0 Å². The van der Waals surface area contributed by atoms with Crippen LogP contribution in [0.15, 0.2) is 66.7 Å². The van der Waals surface area contributed by atoms with Crippen molar-refractivity contribution in [1.29, 1.82) is 0 Å². The van der Waals surface area contributed by atoms with Crippen LogP contribution in [-0.4, -0.2) is 16.9 Å². The molecular formula is C22H21N3O2S. The Hall–Kier alpha value is -3.25. The Bertz CT molecular complexity index is 1030. The van der Waals surface area contributed by atoms with Gasteiger partial charge in [-0.3, -0.25) is 14.9 Å². The first-order chi connectivity index (χ1) is 13.6. The maximum Gasteiger partial charge on any atom is 0.258 e. The minimum absolute atomic E-state index is 0.0357. The molecule has 0 spiro atoms. The van der Waals surface area contributed by atoms with Crippen molar-refractivity contribution in [1.82, 2.24) is 5.32 Å². The molecule has 0 unspecified atom stereocenters. The quantitative estimate of drug-likeness (QED) is 0.551. The molecule has 0 radical (unpaired) electrons. The second-order valence-corrected chi connectivity index (χ2v) is 6.72. The van der Waals surface area contributed by atoms with Gasteiger partial charge in [0.15, 0.2) is 5.11 Å². The molecule has 2 amide bonds. The molecule has 3 rings (SSSR count). The number of anilines is 2. The zero-order chi connectivity index (χ0) is 19.9. The summed E-state index contributed by atoms with van der Waals surface area (Å²) in [6.07, 6.45) is 1.26. The zero-order valence-corrected chi connectivity index (χ0v) is 16.3. The Labute approximate surface area is 169 Å². The van der Waals surface area contributed by atoms with E-state index < -0.39 is 0 Å². The first kappa shape index (κ1) is 19.5. The monoisotopic (exact) mass is 391 g/mol. The van der Waals surface area contributed by atoms with E-state index in [1.807, 2.05) is 49.4 Å². The van der Waals surface area contributed by atoms with Gasteiger partial charge in [0.2, 0.25) is 5.91 Å². The molecule has 0 bridgehead atoms. The summed E-state index contributed by atoms with van der Waals surface area (Å²) in [4.78, 5) is 24.4. The number of thiocarbonyl (C=S) groups is 1. The molecule has 3 aromatic rings. The number of rotatable bonds is 5. The third-order valence-electron chi connectivity index (χ3n) is 4.14. The van der Waals surface area contributed by atoms with Crippen LogP contribution in [-0.2, 0) is 4.79 Å². The lowest BCUT2D eigenvalue weighted by atomic mass is 10.0. The highest BCUT2D eigenvalue weighted by Crippen LogP contribution is 2.19. The van der Waals surface area contributed by atoms with Gasteiger partial charge in [0.1, 0.15) is 0 Å². The van der Waals surface area contributed by atoms with Crippen LogP contribution in [0, 0.1) is 0 Å². The average molecular weight is 391 g/mol. The lowest BCUT2D eigenvalue weighted by molar-refractivity contribution is -0.116. The van der Waals surface area contributed by atoms with Crippen LogP contribution in [0.25, 0.3) is 10.8 Å². The lowest BCUT2D eigenvalue weighted by Crippen LogP contribution is -2.34. The van der Waals surface area contributed by atoms with Gasteiger partial charge in [-0.1, -0.05) is 49.4 Å². The highest BCUT2D eigenvalue weighted by molar-refractivity contribution is 7.80. The third-order valence-corrected chi connectivity index (χ3v) is 4.35. The molecular weight excluding hydrogens is 370 g/mol. The summed E-state index contributed by atoms with van der Waals surface area (Å²) >= 11 is 5.28. The molecule has 0 aliphatic carbocycles. The van der Waals surface area contributed by atoms with Crippen molar-refractivity contribution < 1.29 is 9.59 Å². The van der Waals surface area contributed by atoms with E-state index in [0.717, 1.165) is 17.2 Å². The number of carbonyl (C=O) groups is 2. The maximum absolute atomic E-state index is 12.6. The van der Waals surface area contributed by atoms with E-state index in [1.165, 1.54) is 0 Å². The van der Waals surface area contributed by atoms with Crippen LogP contribution in [0.4, 0.5) is 11.4 Å². The lowest BCUT2D eigenvalue weighted by Gasteiger charge is -2.12. The van der Waals surface area contributed by atoms with Gasteiger partial charge in [0, 0.05) is 23.4 Å². The van der Waals surface area contributed by atoms with Gasteiger partial charge in [-0.2, -0.15) is 0 Å². The summed E-state index contributed by atoms with van der Waals surface area (Å²) in [5.74, 6) is -0.312. The SMILES string of the molecule is CCCC(=O)Nc1cccc(NC(=S)NC(=O)c2cccc3ccccc23)c1. The van der Waals surface area contributed by atoms with E-state index in [4.69, 9.17) is 12.2 Å². The van der Waals surface area contributed by atoms with E-state index in [1.54, 1.807) is 24.3 Å². The molecule has 0 heterocycles. The van der Waals surface area contributed by atoms with Crippen molar-refractivity contribution in [2.75, 3.05) is 10.6 Å². The standard InChI is InChI=1S/C22H21N3O2S/c1-2-7-20(26)23-16-10-6-11-17(14-16)24-22(28)25-21(27)19-13-5-9-15-8-3-4-12-18(15)19/h3-6,8-14H,2,7H2,1H3,(H,23,26)(H2,24,25,27,28). The number of hydrogen-bond acceptors (Lipinski definition) is 3. The maximum atomic E-state index is 12.6. The normalized spacial score (nSPS) is 10.3. The fourth-order valence-corrected chi connectivity index (χ4v) is 3.09. The zero-order valence-electron chi connectivity index (χ0n) is 15.5. The summed E-state index contributed by atoms with van der Waals surface area (Å²) in [5, 5.41) is 10.6. The Kier molecular flexibility index (Phi) is 6.34. The van der Waals surface area contributed by atoms with Gasteiger partial charge in [-0.25, -0.2) is 0 Å². The molecule has 3 aromatic carbocycles. The highest BCUT2D eigenvalue weighted by Gasteiger charge is 2.11. The van der Waals surface area contributed by atoms with Crippen molar-refractivity contribution in [2.45, 2.75) is 19.8 Å². The van der Waals surface area contributed by atoms with Gasteiger partial charge in [-0.05, 0) is 53.7 Å². The van der Waals surface area contributed by atoms with Crippen molar-refractivity contribution in [3.05, 3.63) is 72.3 Å². The Morgan fingerprint density at radius 2 is 1.57 bits per heavy atom. The number of hydrogen-bond donors (Lipinski definition) is 3. The van der Waals surface area contributed by atoms with Crippen molar-refractivity contribution in [3.63, 3.8) is 0 Å². The summed E-state index contributed by atoms with van der Waals surface area (Å²) in [6, 6.07) is 20.5. The van der Waals surface area contributed by atoms with Crippen LogP contribution in [0.2, 0.25) is 0 Å². The van der Waals surface area contributed by atoms with Gasteiger partial charge >= 0.3 is 0 Å². The Morgan fingerprint density at radius 1 is 0.893 bits per heavy atom. The molecule has 0 saturated heterocycles. The topological polar surface area (TPSA) is 70.2 Å². The second kappa shape index (κ2) is 9.10. The number of benzene rings is 3. The molecule has 142 valence electrons. The molecule has 0 aliphatic heterocycles. The van der Waals surface area contributed by atoms with Crippen LogP contribution < -0.4 is 16.0 Å². The predicted molar refractivity (Wildman–Crippen MR) is 118 cm³/mol. The summed E-state index contributed by atoms with van der Waals surface area (Å²) in [7, 11) is 0. The summed E-state index contributed by atoms with van der Waals surface area (Å²) < 4.78 is 0. The van der Waals surface area contributed by atoms with E-state index in [-0.39, 0.29) is 16.9 Å². The predicted octanol–water partition coefficient (Wildman–Crippen LogP) is 4.71. The number of fused-ring (bicyclic) bond motifs is 1. The van der Waals surface area contributed by atoms with Gasteiger partial charge in [0.25, 0.3) is 5.91 Å². The molecule has 0 aromatic heterocycles. The minimum atomic E-state index is -0.276. The minimum Gasteiger partial charge on any atom is -0.332 e. The van der Waals surface area contributed by atoms with Gasteiger partial charge < -0.3 is 10.6 Å². The molecule has 0 atom stereocenters. The van der Waals surface area contributed by atoms with E-state index in [2.05, 4.69) is 16.0 Å². The first-order valence-corrected chi connectivity index (χ1v) is 9.47. The van der Waals surface area contributed by atoms with Crippen LogP contribution in [0.1, 0.15) is 30.1 Å². The van der Waals surface area contributed by atoms with Crippen molar-refractivity contribution in [2.24, 2.45) is 0 Å². The molecule has 0 aliphatic rings. The summed E-state index contributed by atoms with van der Waals surface area (Å²) in [6.45, 7) is 1.95. The van der Waals surface area contributed by atoms with E-state index in [9.17, 15) is 9.59 Å².